The Hall–Kier alpha value is -2.29. The average molecular weight is 375 g/mol. The van der Waals surface area contributed by atoms with Gasteiger partial charge in [0.15, 0.2) is 0 Å². The lowest BCUT2D eigenvalue weighted by Crippen LogP contribution is -2.44. The fourth-order valence-electron chi connectivity index (χ4n) is 3.16. The van der Waals surface area contributed by atoms with Crippen LogP contribution < -0.4 is 5.32 Å². The summed E-state index contributed by atoms with van der Waals surface area (Å²) in [5.41, 5.74) is 0.951. The minimum atomic E-state index is -3.73. The van der Waals surface area contributed by atoms with E-state index in [1.165, 1.54) is 28.6 Å². The van der Waals surface area contributed by atoms with Crippen LogP contribution in [0.2, 0.25) is 0 Å². The number of sulfonamides is 1. The molecule has 3 rings (SSSR count). The first kappa shape index (κ1) is 18.5. The van der Waals surface area contributed by atoms with Gasteiger partial charge >= 0.3 is 0 Å². The topological polar surface area (TPSA) is 92.5 Å². The van der Waals surface area contributed by atoms with Crippen molar-refractivity contribution in [1.82, 2.24) is 9.62 Å². The Labute approximate surface area is 152 Å². The van der Waals surface area contributed by atoms with E-state index >= 15 is 0 Å². The van der Waals surface area contributed by atoms with Gasteiger partial charge in [-0.25, -0.2) is 8.42 Å². The van der Waals surface area contributed by atoms with Crippen LogP contribution in [-0.4, -0.2) is 43.3 Å². The molecule has 0 radical (unpaired) electrons. The number of rotatable bonds is 5. The van der Waals surface area contributed by atoms with Gasteiger partial charge in [0.2, 0.25) is 10.0 Å². The first-order valence-electron chi connectivity index (χ1n) is 8.49. The third-order valence-corrected chi connectivity index (χ3v) is 6.45. The predicted octanol–water partition coefficient (Wildman–Crippen LogP) is 2.19. The zero-order valence-electron chi connectivity index (χ0n) is 14.2. The summed E-state index contributed by atoms with van der Waals surface area (Å²) in [7, 11) is -3.73. The Bertz CT molecular complexity index is 854. The van der Waals surface area contributed by atoms with Gasteiger partial charge in [0.05, 0.1) is 9.82 Å². The summed E-state index contributed by atoms with van der Waals surface area (Å²) in [6, 6.07) is 14.7. The van der Waals surface area contributed by atoms with Gasteiger partial charge in [-0.15, -0.1) is 0 Å². The summed E-state index contributed by atoms with van der Waals surface area (Å²) in [6.07, 6.45) is 1.33. The summed E-state index contributed by atoms with van der Waals surface area (Å²) < 4.78 is 27.8. The van der Waals surface area contributed by atoms with E-state index in [4.69, 9.17) is 0 Å². The molecular weight excluding hydrogens is 354 g/mol. The molecule has 0 unspecified atom stereocenters. The third-order valence-electron chi connectivity index (χ3n) is 4.49. The van der Waals surface area contributed by atoms with Crippen molar-refractivity contribution in [2.45, 2.75) is 23.8 Å². The molecule has 1 N–H and O–H groups in total. The molecule has 0 saturated carbocycles. The number of benzene rings is 2. The number of hydrogen-bond donors (Lipinski definition) is 1. The maximum absolute atomic E-state index is 13.2. The van der Waals surface area contributed by atoms with Crippen LogP contribution in [0.1, 0.15) is 12.0 Å². The quantitative estimate of drug-likeness (QED) is 0.639. The third kappa shape index (κ3) is 4.09. The van der Waals surface area contributed by atoms with Crippen LogP contribution in [0.15, 0.2) is 59.5 Å². The Morgan fingerprint density at radius 3 is 2.46 bits per heavy atom. The predicted molar refractivity (Wildman–Crippen MR) is 98.4 cm³/mol. The highest BCUT2D eigenvalue weighted by Gasteiger charge is 2.32. The summed E-state index contributed by atoms with van der Waals surface area (Å²) in [4.78, 5) is 10.4. The van der Waals surface area contributed by atoms with Crippen LogP contribution in [-0.2, 0) is 16.4 Å². The van der Waals surface area contributed by atoms with Crippen molar-refractivity contribution in [3.8, 4) is 0 Å². The van der Waals surface area contributed by atoms with Gasteiger partial charge in [-0.05, 0) is 37.1 Å². The van der Waals surface area contributed by atoms with Gasteiger partial charge < -0.3 is 5.32 Å². The number of nitro groups is 1. The van der Waals surface area contributed by atoms with Crippen LogP contribution >= 0.6 is 0 Å². The highest BCUT2D eigenvalue weighted by molar-refractivity contribution is 7.89. The van der Waals surface area contributed by atoms with Gasteiger partial charge in [0.1, 0.15) is 0 Å². The number of nitrogens with one attached hydrogen (secondary N) is 1. The fourth-order valence-corrected chi connectivity index (χ4v) is 4.83. The minimum Gasteiger partial charge on any atom is -0.315 e. The second-order valence-electron chi connectivity index (χ2n) is 6.27. The molecule has 26 heavy (non-hydrogen) atoms. The van der Waals surface area contributed by atoms with Crippen molar-refractivity contribution < 1.29 is 13.3 Å². The molecule has 0 aliphatic carbocycles. The lowest BCUT2D eigenvalue weighted by Gasteiger charge is -2.29. The highest BCUT2D eigenvalue weighted by Crippen LogP contribution is 2.23. The lowest BCUT2D eigenvalue weighted by molar-refractivity contribution is -0.384. The van der Waals surface area contributed by atoms with Crippen LogP contribution in [0.25, 0.3) is 0 Å². The second-order valence-corrected chi connectivity index (χ2v) is 8.16. The van der Waals surface area contributed by atoms with Gasteiger partial charge in [-0.2, -0.15) is 4.31 Å². The summed E-state index contributed by atoms with van der Waals surface area (Å²) in [6.45, 7) is 1.75. The molecule has 8 heteroatoms. The highest BCUT2D eigenvalue weighted by atomic mass is 32.2. The smallest absolute Gasteiger partial charge is 0.269 e. The molecule has 1 aliphatic heterocycles. The number of hydrogen-bond acceptors (Lipinski definition) is 5. The molecule has 2 aromatic carbocycles. The Morgan fingerprint density at radius 1 is 1.12 bits per heavy atom. The molecule has 1 heterocycles. The Morgan fingerprint density at radius 2 is 1.81 bits per heavy atom. The summed E-state index contributed by atoms with van der Waals surface area (Å²) in [5, 5.41) is 14.1. The molecule has 138 valence electrons. The number of nitrogens with zero attached hydrogens (tertiary/aromatic N) is 2. The van der Waals surface area contributed by atoms with E-state index in [-0.39, 0.29) is 16.6 Å². The van der Waals surface area contributed by atoms with Crippen LogP contribution in [0.3, 0.4) is 0 Å². The van der Waals surface area contributed by atoms with Gasteiger partial charge in [-0.3, -0.25) is 10.1 Å². The van der Waals surface area contributed by atoms with Crippen LogP contribution in [0.5, 0.6) is 0 Å². The van der Waals surface area contributed by atoms with E-state index in [0.717, 1.165) is 18.5 Å². The zero-order valence-corrected chi connectivity index (χ0v) is 15.1. The van der Waals surface area contributed by atoms with Crippen molar-refractivity contribution in [3.63, 3.8) is 0 Å². The Balaban J connectivity index is 1.89. The summed E-state index contributed by atoms with van der Waals surface area (Å²) in [5.74, 6) is 0. The average Bonchev–Trinajstić information content (AvgIpc) is 2.88. The molecule has 0 aromatic heterocycles. The standard InChI is InChI=1S/C18H21N3O4S/c22-21(23)16-7-9-18(10-8-16)26(24,25)20-12-4-11-19-14-17(20)13-15-5-2-1-3-6-15/h1-3,5-10,17,19H,4,11-14H2/t17-/m0/s1. The zero-order chi connectivity index (χ0) is 18.6. The SMILES string of the molecule is O=[N+]([O-])c1ccc(S(=O)(=O)N2CCCNC[C@@H]2Cc2ccccc2)cc1. The van der Waals surface area contributed by atoms with Crippen molar-refractivity contribution in [1.29, 1.82) is 0 Å². The van der Waals surface area contributed by atoms with Crippen molar-refractivity contribution in [2.24, 2.45) is 0 Å². The minimum absolute atomic E-state index is 0.0862. The van der Waals surface area contributed by atoms with E-state index in [0.29, 0.717) is 19.5 Å². The largest absolute Gasteiger partial charge is 0.315 e. The van der Waals surface area contributed by atoms with Crippen LogP contribution in [0.4, 0.5) is 5.69 Å². The maximum atomic E-state index is 13.2. The second kappa shape index (κ2) is 7.94. The van der Waals surface area contributed by atoms with E-state index in [1.807, 2.05) is 30.3 Å². The first-order valence-corrected chi connectivity index (χ1v) is 9.93. The summed E-state index contributed by atoms with van der Waals surface area (Å²) >= 11 is 0. The van der Waals surface area contributed by atoms with Crippen molar-refractivity contribution in [2.75, 3.05) is 19.6 Å². The van der Waals surface area contributed by atoms with E-state index in [2.05, 4.69) is 5.32 Å². The molecule has 0 spiro atoms. The number of non-ortho nitro benzene ring substituents is 1. The molecule has 0 amide bonds. The molecular formula is C18H21N3O4S. The fraction of sp³-hybridized carbons (Fsp3) is 0.333. The maximum Gasteiger partial charge on any atom is 0.269 e. The van der Waals surface area contributed by atoms with Gasteiger partial charge in [0.25, 0.3) is 5.69 Å². The number of nitro benzene ring substituents is 1. The van der Waals surface area contributed by atoms with E-state index < -0.39 is 14.9 Å². The van der Waals surface area contributed by atoms with Crippen LogP contribution in [0, 0.1) is 10.1 Å². The van der Waals surface area contributed by atoms with Gasteiger partial charge in [-0.1, -0.05) is 30.3 Å². The first-order chi connectivity index (χ1) is 12.5. The molecule has 1 atom stereocenters. The molecule has 2 aromatic rings. The van der Waals surface area contributed by atoms with Crippen molar-refractivity contribution >= 4 is 15.7 Å². The normalized spacial score (nSPS) is 19.0. The van der Waals surface area contributed by atoms with E-state index in [9.17, 15) is 18.5 Å². The molecule has 0 bridgehead atoms. The lowest BCUT2D eigenvalue weighted by atomic mass is 10.1. The molecule has 1 fully saturated rings. The molecule has 1 saturated heterocycles. The van der Waals surface area contributed by atoms with E-state index in [1.54, 1.807) is 0 Å². The molecule has 7 nitrogen and oxygen atoms in total. The van der Waals surface area contributed by atoms with Gasteiger partial charge in [0, 0.05) is 31.3 Å². The Kier molecular flexibility index (Phi) is 5.65. The molecule has 1 aliphatic rings. The van der Waals surface area contributed by atoms with Crippen molar-refractivity contribution in [3.05, 3.63) is 70.3 Å². The monoisotopic (exact) mass is 375 g/mol.